The molecule has 2 N–H and O–H groups in total. The zero-order valence-electron chi connectivity index (χ0n) is 77.5. The van der Waals surface area contributed by atoms with E-state index in [-0.39, 0.29) is 46.2 Å². The molecule has 32 heteroatoms. The predicted octanol–water partition coefficient (Wildman–Crippen LogP) is 19.0. The van der Waals surface area contributed by atoms with Crippen molar-refractivity contribution >= 4 is 134 Å². The molecular weight excluding hydrogens is 1880 g/mol. The van der Waals surface area contributed by atoms with Crippen molar-refractivity contribution in [1.82, 2.24) is 69.5 Å². The number of benzene rings is 4. The van der Waals surface area contributed by atoms with E-state index in [1.54, 1.807) is 48.7 Å². The molecule has 11 heterocycles. The Morgan fingerprint density at radius 2 is 0.726 bits per heavy atom. The molecule has 11 aromatic rings. The van der Waals surface area contributed by atoms with Crippen LogP contribution < -0.4 is 56.0 Å². The van der Waals surface area contributed by atoms with Gasteiger partial charge in [0.15, 0.2) is 39.8 Å². The predicted molar refractivity (Wildman–Crippen MR) is 559 cm³/mol. The molecule has 2 aliphatic heterocycles. The summed E-state index contributed by atoms with van der Waals surface area (Å²) in [5.74, 6) is 14.7. The van der Waals surface area contributed by atoms with E-state index in [4.69, 9.17) is 70.7 Å². The fourth-order valence-corrected chi connectivity index (χ4v) is 16.3. The summed E-state index contributed by atoms with van der Waals surface area (Å²) in [4.78, 5) is 88.3. The summed E-state index contributed by atoms with van der Waals surface area (Å²) in [6.07, 6.45) is 13.4. The monoisotopic (exact) mass is 2000 g/mol. The number of ether oxygens (including phenoxy) is 1. The van der Waals surface area contributed by atoms with Crippen molar-refractivity contribution < 1.29 is 53.0 Å². The minimum Gasteiger partial charge on any atom is -0.872 e. The van der Waals surface area contributed by atoms with Gasteiger partial charge in [-0.15, -0.1) is 52.2 Å². The van der Waals surface area contributed by atoms with E-state index < -0.39 is 0 Å². The third-order valence-corrected chi connectivity index (χ3v) is 24.6. The molecule has 0 spiro atoms. The van der Waals surface area contributed by atoms with Crippen molar-refractivity contribution in [3.05, 3.63) is 362 Å². The number of rotatable bonds is 41. The summed E-state index contributed by atoms with van der Waals surface area (Å²) in [6.45, 7) is 20.0. The second-order valence-electron chi connectivity index (χ2n) is 29.3. The van der Waals surface area contributed by atoms with E-state index in [2.05, 4.69) is 148 Å². The van der Waals surface area contributed by atoms with Gasteiger partial charge in [0.05, 0.1) is 86.2 Å². The SMILES string of the molecule is CCSCCCCc1ccccn1.CCSCCN.CCSCCN(Cc1ccccn1)Cc1cccc(CCl)n1.CCSCCN(Cc1ccccn1)Cc1cccc(CCl)n1.CCSCCN(Cc1ccccn1)Cc1cccc(COc2ccc3nc4ccc(=O)cc-4oc3c2)n1.ClCc1cccc(CCl)n1.O=Cc1ccccn1.O=c1ccc2nc3ccc([O-])cc3oc-2c1.[Na+]. The first kappa shape index (κ1) is 113. The number of aromatic nitrogens is 11. The van der Waals surface area contributed by atoms with Gasteiger partial charge in [-0.25, -0.2) is 9.97 Å². The number of unbranched alkanes of at least 4 members (excludes halogenated alkanes) is 1. The van der Waals surface area contributed by atoms with Gasteiger partial charge in [0.25, 0.3) is 0 Å². The van der Waals surface area contributed by atoms with Gasteiger partial charge >= 0.3 is 29.6 Å². The van der Waals surface area contributed by atoms with Crippen LogP contribution in [0.5, 0.6) is 11.5 Å². The minimum absolute atomic E-state index is 0. The number of carbonyl (C=O) groups excluding carboxylic acids is 1. The van der Waals surface area contributed by atoms with Gasteiger partial charge in [0.2, 0.25) is 0 Å². The normalized spacial score (nSPS) is 10.6. The Morgan fingerprint density at radius 1 is 0.370 bits per heavy atom. The Labute approximate surface area is 857 Å². The topological polar surface area (TPSA) is 287 Å². The van der Waals surface area contributed by atoms with Crippen molar-refractivity contribution in [2.45, 2.75) is 123 Å². The van der Waals surface area contributed by atoms with E-state index in [0.717, 1.165) is 181 Å². The van der Waals surface area contributed by atoms with E-state index in [1.165, 1.54) is 72.2 Å². The molecule has 0 radical (unpaired) electrons. The van der Waals surface area contributed by atoms with Gasteiger partial charge < -0.3 is 24.4 Å². The fourth-order valence-electron chi connectivity index (χ4n) is 12.6. The number of nitrogens with zero attached hydrogens (tertiary/aromatic N) is 14. The number of aryl methyl sites for hydroxylation is 1. The molecule has 9 aromatic heterocycles. The molecule has 0 bridgehead atoms. The van der Waals surface area contributed by atoms with Crippen molar-refractivity contribution in [3.8, 4) is 34.4 Å². The van der Waals surface area contributed by atoms with Gasteiger partial charge in [-0.05, 0) is 212 Å². The molecule has 0 unspecified atom stereocenters. The maximum Gasteiger partial charge on any atom is 1.00 e. The number of thioether (sulfide) groups is 5. The third kappa shape index (κ3) is 45.9. The van der Waals surface area contributed by atoms with Crippen LogP contribution in [0.4, 0.5) is 0 Å². The number of halogens is 4. The molecule has 135 heavy (non-hydrogen) atoms. The summed E-state index contributed by atoms with van der Waals surface area (Å²) in [5, 5.41) is 11.1. The van der Waals surface area contributed by atoms with Gasteiger partial charge in [0.1, 0.15) is 40.5 Å². The number of aldehydes is 1. The fraction of sp³-hybridized carbons (Fsp3) is 0.320. The Balaban J connectivity index is 0.000000223. The Morgan fingerprint density at radius 3 is 1.10 bits per heavy atom. The van der Waals surface area contributed by atoms with Crippen LogP contribution in [0, 0.1) is 0 Å². The number of carbonyl (C=O) groups is 1. The van der Waals surface area contributed by atoms with Gasteiger partial charge in [0, 0.05) is 143 Å². The Hall–Kier alpha value is -8.95. The maximum atomic E-state index is 11.7. The molecule has 22 nitrogen and oxygen atoms in total. The van der Waals surface area contributed by atoms with Crippen LogP contribution in [0.2, 0.25) is 0 Å². The van der Waals surface area contributed by atoms with Crippen LogP contribution >= 0.6 is 105 Å². The number of alkyl halides is 4. The Kier molecular flexibility index (Phi) is 57.7. The molecule has 4 aliphatic rings. The van der Waals surface area contributed by atoms with Crippen LogP contribution in [0.15, 0.2) is 286 Å². The van der Waals surface area contributed by atoms with Gasteiger partial charge in [-0.1, -0.05) is 95.3 Å². The van der Waals surface area contributed by atoms with E-state index in [1.807, 2.05) is 193 Å². The summed E-state index contributed by atoms with van der Waals surface area (Å²) in [5.41, 5.74) is 21.0. The Bertz CT molecular complexity index is 5660. The summed E-state index contributed by atoms with van der Waals surface area (Å²) >= 11 is 32.6. The van der Waals surface area contributed by atoms with Gasteiger partial charge in [-0.3, -0.25) is 73.9 Å². The van der Waals surface area contributed by atoms with Gasteiger partial charge in [-0.2, -0.15) is 58.8 Å². The van der Waals surface area contributed by atoms with Crippen LogP contribution in [0.3, 0.4) is 0 Å². The molecular formula is C103H118Cl4N15NaO7S5. The summed E-state index contributed by atoms with van der Waals surface area (Å²) < 4.78 is 17.4. The van der Waals surface area contributed by atoms with Crippen LogP contribution in [-0.4, -0.2) is 160 Å². The average Bonchev–Trinajstić information content (AvgIpc) is 0.795. The van der Waals surface area contributed by atoms with Crippen molar-refractivity contribution in [2.75, 3.05) is 83.7 Å². The van der Waals surface area contributed by atoms with E-state index in [9.17, 15) is 19.5 Å². The molecule has 2 aromatic carbocycles. The van der Waals surface area contributed by atoms with Crippen LogP contribution in [0.1, 0.15) is 126 Å². The van der Waals surface area contributed by atoms with Crippen molar-refractivity contribution in [1.29, 1.82) is 0 Å². The molecule has 0 fully saturated rings. The molecule has 0 amide bonds. The average molecular weight is 2000 g/mol. The zero-order chi connectivity index (χ0) is 95.2. The standard InChI is InChI=1S/C29H28N4O3S.2C17H22ClN3S.C12H7NO3.C11H17NS.C7H7Cl2N.C6H5NO.C4H11NS.Na/c1-2-37-15-14-33(18-21-6-3-4-13-30-21)19-22-7-5-8-23(31-22)20-35-25-10-12-27-29(17-25)36-28-16-24(34)9-11-26(28)32-27;2*1-2-22-11-10-21(13-16-6-3-4-9-19-16)14-17-8-5-7-15(12-18)20-17;14-7-1-3-9-11(5-7)16-12-6-8(15)2-4-10(12)13-9;1-2-13-10-6-4-8-11-7-3-5-9-12-11;8-4-6-2-1-3-7(5-9)10-6;8-5-6-3-1-2-4-7-6;1-2-6-4-3-5;/h3-13,16-17H,2,14-15,18-20H2,1H3;2*3-9H,2,10-14H2,1H3;1-6,14H;3,5,7,9H,2,4,6,8,10H2,1H3;1-3H,4-5H2;1-5H;2-5H2,1H3;/q;;;;;;;;+1/p-1. The first-order valence-corrected chi connectivity index (χ1v) is 52.3. The minimum atomic E-state index is -0.143. The molecule has 706 valence electrons. The maximum absolute atomic E-state index is 11.7. The number of pyridine rings is 9. The zero-order valence-corrected chi connectivity index (χ0v) is 86.6. The van der Waals surface area contributed by atoms with Crippen LogP contribution in [-0.2, 0) is 75.8 Å². The van der Waals surface area contributed by atoms with Crippen molar-refractivity contribution in [3.63, 3.8) is 0 Å². The third-order valence-electron chi connectivity index (χ3n) is 19.0. The summed E-state index contributed by atoms with van der Waals surface area (Å²) in [6, 6.07) is 72.2. The van der Waals surface area contributed by atoms with Crippen LogP contribution in [0.25, 0.3) is 45.1 Å². The molecule has 0 saturated carbocycles. The largest absolute Gasteiger partial charge is 1.00 e. The second-order valence-corrected chi connectivity index (χ2v) is 37.3. The number of fused-ring (bicyclic) bond motifs is 4. The molecule has 2 aliphatic carbocycles. The first-order valence-electron chi connectivity index (χ1n) is 44.4. The number of hydrogen-bond donors (Lipinski definition) is 1. The number of hydrogen-bond acceptors (Lipinski definition) is 27. The molecule has 0 atom stereocenters. The smallest absolute Gasteiger partial charge is 0.872 e. The van der Waals surface area contributed by atoms with E-state index in [0.29, 0.717) is 86.7 Å². The number of nitrogens with two attached hydrogens (primary N) is 1. The summed E-state index contributed by atoms with van der Waals surface area (Å²) in [7, 11) is 0. The quantitative estimate of drug-likeness (QED) is 0.0122. The van der Waals surface area contributed by atoms with E-state index >= 15 is 0 Å². The first-order chi connectivity index (χ1) is 65.6. The second kappa shape index (κ2) is 69.0. The molecule has 0 saturated heterocycles. The molecule has 15 rings (SSSR count). The van der Waals surface area contributed by atoms with Crippen molar-refractivity contribution in [2.24, 2.45) is 5.73 Å².